The lowest BCUT2D eigenvalue weighted by atomic mass is 10.2. The summed E-state index contributed by atoms with van der Waals surface area (Å²) in [6.07, 6.45) is 0. The zero-order valence-electron chi connectivity index (χ0n) is 12.2. The van der Waals surface area contributed by atoms with Crippen molar-refractivity contribution in [3.8, 4) is 0 Å². The average molecular weight is 320 g/mol. The summed E-state index contributed by atoms with van der Waals surface area (Å²) >= 11 is 0.988. The minimum absolute atomic E-state index is 0.0164. The zero-order valence-corrected chi connectivity index (χ0v) is 13.0. The van der Waals surface area contributed by atoms with Crippen LogP contribution in [-0.2, 0) is 4.79 Å². The number of hydrogen-bond donors (Lipinski definition) is 2. The van der Waals surface area contributed by atoms with Crippen LogP contribution in [0.5, 0.6) is 0 Å². The molecule has 0 unspecified atom stereocenters. The van der Waals surface area contributed by atoms with Gasteiger partial charge >= 0.3 is 5.69 Å². The summed E-state index contributed by atoms with van der Waals surface area (Å²) in [4.78, 5) is 38.6. The van der Waals surface area contributed by atoms with E-state index in [1.807, 2.05) is 44.2 Å². The van der Waals surface area contributed by atoms with Crippen LogP contribution in [-0.4, -0.2) is 32.9 Å². The fourth-order valence-corrected chi connectivity index (χ4v) is 2.64. The third-order valence-corrected chi connectivity index (χ3v) is 3.77. The Morgan fingerprint density at radius 3 is 2.55 bits per heavy atom. The fourth-order valence-electron chi connectivity index (χ4n) is 1.95. The van der Waals surface area contributed by atoms with Gasteiger partial charge in [-0.2, -0.15) is 5.10 Å². The maximum absolute atomic E-state index is 12.4. The first-order valence-corrected chi connectivity index (χ1v) is 7.66. The van der Waals surface area contributed by atoms with Gasteiger partial charge in [0.2, 0.25) is 5.91 Å². The lowest BCUT2D eigenvalue weighted by molar-refractivity contribution is -0.116. The van der Waals surface area contributed by atoms with Crippen LogP contribution in [0, 0.1) is 0 Å². The van der Waals surface area contributed by atoms with Crippen LogP contribution >= 0.6 is 11.8 Å². The Kier molecular flexibility index (Phi) is 5.16. The number of nitrogens with one attached hydrogen (secondary N) is 2. The van der Waals surface area contributed by atoms with Crippen molar-refractivity contribution in [2.45, 2.75) is 24.9 Å². The largest absolute Gasteiger partial charge is 0.342 e. The number of carbonyl (C=O) groups is 1. The summed E-state index contributed by atoms with van der Waals surface area (Å²) in [6, 6.07) is 9.29. The highest BCUT2D eigenvalue weighted by molar-refractivity contribution is 7.99. The maximum Gasteiger partial charge on any atom is 0.342 e. The van der Waals surface area contributed by atoms with Gasteiger partial charge in [-0.05, 0) is 26.0 Å². The minimum Gasteiger partial charge on any atom is -0.309 e. The predicted octanol–water partition coefficient (Wildman–Crippen LogP) is 0.992. The number of benzene rings is 1. The third-order valence-electron chi connectivity index (χ3n) is 2.83. The monoisotopic (exact) mass is 320 g/mol. The van der Waals surface area contributed by atoms with Gasteiger partial charge in [0.15, 0.2) is 5.03 Å². The molecule has 0 radical (unpaired) electrons. The fraction of sp³-hybridized carbons (Fsp3) is 0.286. The summed E-state index contributed by atoms with van der Waals surface area (Å²) < 4.78 is 0. The SMILES string of the molecule is CC(C)N(C(=O)CSc1n[nH]c(=O)[nH]c1=O)c1ccccc1. The van der Waals surface area contributed by atoms with Gasteiger partial charge in [-0.1, -0.05) is 30.0 Å². The molecule has 116 valence electrons. The van der Waals surface area contributed by atoms with E-state index in [1.165, 1.54) is 0 Å². The number of anilines is 1. The van der Waals surface area contributed by atoms with Crippen molar-refractivity contribution < 1.29 is 4.79 Å². The molecule has 1 amide bonds. The number of H-pyrrole nitrogens is 2. The highest BCUT2D eigenvalue weighted by Gasteiger charge is 2.19. The normalized spacial score (nSPS) is 10.7. The van der Waals surface area contributed by atoms with E-state index in [0.29, 0.717) is 0 Å². The van der Waals surface area contributed by atoms with Crippen LogP contribution in [0.15, 0.2) is 44.9 Å². The molecule has 0 fully saturated rings. The van der Waals surface area contributed by atoms with E-state index in [-0.39, 0.29) is 22.7 Å². The van der Waals surface area contributed by atoms with Gasteiger partial charge in [0.1, 0.15) is 0 Å². The maximum atomic E-state index is 12.4. The average Bonchev–Trinajstić information content (AvgIpc) is 2.47. The summed E-state index contributed by atoms with van der Waals surface area (Å²) in [5.41, 5.74) is -0.474. The lowest BCUT2D eigenvalue weighted by Gasteiger charge is -2.26. The van der Waals surface area contributed by atoms with Crippen LogP contribution in [0.25, 0.3) is 0 Å². The summed E-state index contributed by atoms with van der Waals surface area (Å²) in [5, 5.41) is 5.84. The molecule has 2 N–H and O–H groups in total. The first-order valence-electron chi connectivity index (χ1n) is 6.68. The van der Waals surface area contributed by atoms with Crippen molar-refractivity contribution >= 4 is 23.4 Å². The quantitative estimate of drug-likeness (QED) is 0.801. The van der Waals surface area contributed by atoms with E-state index < -0.39 is 11.2 Å². The second-order valence-electron chi connectivity index (χ2n) is 4.79. The summed E-state index contributed by atoms with van der Waals surface area (Å²) in [5.74, 6) is -0.0894. The van der Waals surface area contributed by atoms with Crippen molar-refractivity contribution in [1.29, 1.82) is 0 Å². The highest BCUT2D eigenvalue weighted by atomic mass is 32.2. The van der Waals surface area contributed by atoms with Gasteiger partial charge in [-0.25, -0.2) is 9.89 Å². The molecule has 0 saturated heterocycles. The Hall–Kier alpha value is -2.35. The number of rotatable bonds is 5. The molecule has 2 rings (SSSR count). The smallest absolute Gasteiger partial charge is 0.309 e. The van der Waals surface area contributed by atoms with E-state index in [9.17, 15) is 14.4 Å². The molecule has 1 heterocycles. The van der Waals surface area contributed by atoms with E-state index in [4.69, 9.17) is 0 Å². The number of aromatic amines is 2. The molecular formula is C14H16N4O3S. The third kappa shape index (κ3) is 3.85. The molecule has 0 spiro atoms. The first-order chi connectivity index (χ1) is 10.5. The van der Waals surface area contributed by atoms with Crippen molar-refractivity contribution in [2.75, 3.05) is 10.7 Å². The van der Waals surface area contributed by atoms with Gasteiger partial charge < -0.3 is 4.90 Å². The Labute approximate surface area is 130 Å². The van der Waals surface area contributed by atoms with Crippen molar-refractivity contribution in [2.24, 2.45) is 0 Å². The molecule has 7 nitrogen and oxygen atoms in total. The van der Waals surface area contributed by atoms with E-state index in [0.717, 1.165) is 17.4 Å². The van der Waals surface area contributed by atoms with Gasteiger partial charge in [-0.3, -0.25) is 14.6 Å². The number of hydrogen-bond acceptors (Lipinski definition) is 5. The number of para-hydroxylation sites is 1. The Morgan fingerprint density at radius 1 is 1.27 bits per heavy atom. The molecule has 0 aliphatic heterocycles. The molecule has 1 aromatic heterocycles. The van der Waals surface area contributed by atoms with Crippen molar-refractivity contribution in [3.05, 3.63) is 51.2 Å². The number of nitrogens with zero attached hydrogens (tertiary/aromatic N) is 2. The molecule has 22 heavy (non-hydrogen) atoms. The van der Waals surface area contributed by atoms with Gasteiger partial charge in [0, 0.05) is 11.7 Å². The Morgan fingerprint density at radius 2 is 1.95 bits per heavy atom. The van der Waals surface area contributed by atoms with Gasteiger partial charge in [0.25, 0.3) is 5.56 Å². The number of aromatic nitrogens is 3. The van der Waals surface area contributed by atoms with E-state index >= 15 is 0 Å². The zero-order chi connectivity index (χ0) is 16.1. The Balaban J connectivity index is 2.12. The van der Waals surface area contributed by atoms with Gasteiger partial charge in [0.05, 0.1) is 5.75 Å². The number of carbonyl (C=O) groups excluding carboxylic acids is 1. The predicted molar refractivity (Wildman–Crippen MR) is 85.3 cm³/mol. The number of thioether (sulfide) groups is 1. The van der Waals surface area contributed by atoms with Crippen molar-refractivity contribution in [1.82, 2.24) is 15.2 Å². The molecular weight excluding hydrogens is 304 g/mol. The molecule has 0 aliphatic carbocycles. The van der Waals surface area contributed by atoms with Crippen LogP contribution < -0.4 is 16.1 Å². The second kappa shape index (κ2) is 7.08. The topological polar surface area (TPSA) is 98.9 Å². The summed E-state index contributed by atoms with van der Waals surface area (Å²) in [6.45, 7) is 3.83. The Bertz CT molecular complexity index is 754. The van der Waals surface area contributed by atoms with Crippen LogP contribution in [0.4, 0.5) is 5.69 Å². The number of amides is 1. The minimum atomic E-state index is -0.672. The van der Waals surface area contributed by atoms with Crippen LogP contribution in [0.2, 0.25) is 0 Å². The van der Waals surface area contributed by atoms with Gasteiger partial charge in [-0.15, -0.1) is 0 Å². The van der Waals surface area contributed by atoms with Crippen LogP contribution in [0.1, 0.15) is 13.8 Å². The second-order valence-corrected chi connectivity index (χ2v) is 5.76. The van der Waals surface area contributed by atoms with Crippen molar-refractivity contribution in [3.63, 3.8) is 0 Å². The van der Waals surface area contributed by atoms with E-state index in [2.05, 4.69) is 15.2 Å². The lowest BCUT2D eigenvalue weighted by Crippen LogP contribution is -2.38. The molecule has 0 bridgehead atoms. The van der Waals surface area contributed by atoms with Crippen LogP contribution in [0.3, 0.4) is 0 Å². The molecule has 0 atom stereocenters. The molecule has 1 aromatic carbocycles. The van der Waals surface area contributed by atoms with E-state index in [1.54, 1.807) is 4.90 Å². The molecule has 2 aromatic rings. The molecule has 0 saturated carbocycles. The highest BCUT2D eigenvalue weighted by Crippen LogP contribution is 2.19. The molecule has 8 heteroatoms. The first kappa shape index (κ1) is 16.0. The molecule has 0 aliphatic rings. The standard InChI is InChI=1S/C14H16N4O3S/c1-9(2)18(10-6-4-3-5-7-10)11(19)8-22-13-12(20)15-14(21)17-16-13/h3-7,9H,8H2,1-2H3,(H2,15,17,20,21). The summed E-state index contributed by atoms with van der Waals surface area (Å²) in [7, 11) is 0.